The molecule has 0 unspecified atom stereocenters. The summed E-state index contributed by atoms with van der Waals surface area (Å²) >= 11 is 0. The molecule has 0 saturated heterocycles. The van der Waals surface area contributed by atoms with Crippen LogP contribution >= 0.6 is 0 Å². The van der Waals surface area contributed by atoms with Gasteiger partial charge in [-0.25, -0.2) is 0 Å². The SMILES string of the molecule is CCCCCCCCc1ncccc1C. The second kappa shape index (κ2) is 7.44. The summed E-state index contributed by atoms with van der Waals surface area (Å²) in [5.74, 6) is 0. The number of unbranched alkanes of at least 4 members (excludes halogenated alkanes) is 5. The molecule has 1 rings (SSSR count). The number of pyridine rings is 1. The van der Waals surface area contributed by atoms with Gasteiger partial charge < -0.3 is 0 Å². The van der Waals surface area contributed by atoms with Gasteiger partial charge >= 0.3 is 0 Å². The minimum atomic E-state index is 1.15. The highest BCUT2D eigenvalue weighted by Gasteiger charge is 1.98. The first-order chi connectivity index (χ1) is 7.34. The van der Waals surface area contributed by atoms with Crippen LogP contribution in [0.4, 0.5) is 0 Å². The normalized spacial score (nSPS) is 10.5. The van der Waals surface area contributed by atoms with Gasteiger partial charge in [0.1, 0.15) is 0 Å². The number of rotatable bonds is 7. The smallest absolute Gasteiger partial charge is 0.0432 e. The minimum Gasteiger partial charge on any atom is -0.261 e. The molecule has 0 aliphatic heterocycles. The summed E-state index contributed by atoms with van der Waals surface area (Å²) in [6.07, 6.45) is 11.2. The van der Waals surface area contributed by atoms with Gasteiger partial charge in [0.2, 0.25) is 0 Å². The molecular weight excluding hydrogens is 182 g/mol. The van der Waals surface area contributed by atoms with Gasteiger partial charge in [0.25, 0.3) is 0 Å². The summed E-state index contributed by atoms with van der Waals surface area (Å²) in [6.45, 7) is 4.41. The maximum absolute atomic E-state index is 4.41. The highest BCUT2D eigenvalue weighted by atomic mass is 14.7. The highest BCUT2D eigenvalue weighted by Crippen LogP contribution is 2.10. The molecule has 0 saturated carbocycles. The van der Waals surface area contributed by atoms with Gasteiger partial charge in [0.15, 0.2) is 0 Å². The third-order valence-corrected chi connectivity index (χ3v) is 2.88. The van der Waals surface area contributed by atoms with Crippen molar-refractivity contribution < 1.29 is 0 Å². The molecule has 0 amide bonds. The van der Waals surface area contributed by atoms with Crippen molar-refractivity contribution in [2.75, 3.05) is 0 Å². The maximum Gasteiger partial charge on any atom is 0.0432 e. The summed E-state index contributed by atoms with van der Waals surface area (Å²) < 4.78 is 0. The molecule has 15 heavy (non-hydrogen) atoms. The van der Waals surface area contributed by atoms with Crippen LogP contribution in [-0.2, 0) is 6.42 Å². The van der Waals surface area contributed by atoms with Crippen molar-refractivity contribution in [3.05, 3.63) is 29.6 Å². The van der Waals surface area contributed by atoms with Gasteiger partial charge in [-0.3, -0.25) is 4.98 Å². The molecule has 0 atom stereocenters. The molecule has 0 aromatic carbocycles. The Balaban J connectivity index is 2.12. The van der Waals surface area contributed by atoms with E-state index in [-0.39, 0.29) is 0 Å². The first kappa shape index (κ1) is 12.2. The predicted molar refractivity (Wildman–Crippen MR) is 66.1 cm³/mol. The number of aromatic nitrogens is 1. The van der Waals surface area contributed by atoms with Crippen LogP contribution in [0.15, 0.2) is 18.3 Å². The number of hydrogen-bond donors (Lipinski definition) is 0. The molecule has 1 aromatic heterocycles. The third-order valence-electron chi connectivity index (χ3n) is 2.88. The van der Waals surface area contributed by atoms with Crippen LogP contribution in [-0.4, -0.2) is 4.98 Å². The van der Waals surface area contributed by atoms with Gasteiger partial charge in [-0.1, -0.05) is 45.1 Å². The second-order valence-electron chi connectivity index (χ2n) is 4.28. The van der Waals surface area contributed by atoms with E-state index in [9.17, 15) is 0 Å². The van der Waals surface area contributed by atoms with E-state index in [0.29, 0.717) is 0 Å². The van der Waals surface area contributed by atoms with Crippen LogP contribution in [0, 0.1) is 6.92 Å². The fourth-order valence-electron chi connectivity index (χ4n) is 1.85. The zero-order valence-corrected chi connectivity index (χ0v) is 10.1. The molecule has 0 bridgehead atoms. The molecule has 0 aliphatic carbocycles. The predicted octanol–water partition coefficient (Wildman–Crippen LogP) is 4.29. The molecule has 0 N–H and O–H groups in total. The van der Waals surface area contributed by atoms with Gasteiger partial charge in [0, 0.05) is 11.9 Å². The van der Waals surface area contributed by atoms with E-state index in [1.807, 2.05) is 12.3 Å². The van der Waals surface area contributed by atoms with Crippen molar-refractivity contribution in [1.82, 2.24) is 4.98 Å². The molecule has 0 radical (unpaired) electrons. The molecular formula is C14H23N. The van der Waals surface area contributed by atoms with E-state index in [1.54, 1.807) is 0 Å². The maximum atomic E-state index is 4.41. The second-order valence-corrected chi connectivity index (χ2v) is 4.28. The zero-order valence-electron chi connectivity index (χ0n) is 10.1. The Morgan fingerprint density at radius 2 is 1.80 bits per heavy atom. The van der Waals surface area contributed by atoms with Crippen LogP contribution in [0.1, 0.15) is 56.7 Å². The minimum absolute atomic E-state index is 1.15. The summed E-state index contributed by atoms with van der Waals surface area (Å²) in [6, 6.07) is 4.17. The van der Waals surface area contributed by atoms with Gasteiger partial charge in [-0.05, 0) is 31.4 Å². The average molecular weight is 205 g/mol. The molecule has 1 heterocycles. The zero-order chi connectivity index (χ0) is 10.9. The Morgan fingerprint density at radius 3 is 2.53 bits per heavy atom. The Morgan fingerprint density at radius 1 is 1.07 bits per heavy atom. The lowest BCUT2D eigenvalue weighted by molar-refractivity contribution is 0.604. The van der Waals surface area contributed by atoms with Gasteiger partial charge in [0.05, 0.1) is 0 Å². The average Bonchev–Trinajstić information content (AvgIpc) is 2.25. The molecule has 1 heteroatoms. The van der Waals surface area contributed by atoms with Crippen LogP contribution in [0.25, 0.3) is 0 Å². The summed E-state index contributed by atoms with van der Waals surface area (Å²) in [4.78, 5) is 4.41. The lowest BCUT2D eigenvalue weighted by atomic mass is 10.1. The van der Waals surface area contributed by atoms with Crippen molar-refractivity contribution in [2.24, 2.45) is 0 Å². The molecule has 0 spiro atoms. The molecule has 84 valence electrons. The highest BCUT2D eigenvalue weighted by molar-refractivity contribution is 5.17. The fraction of sp³-hybridized carbons (Fsp3) is 0.643. The summed E-state index contributed by atoms with van der Waals surface area (Å²) in [7, 11) is 0. The first-order valence-electron chi connectivity index (χ1n) is 6.25. The quantitative estimate of drug-likeness (QED) is 0.605. The van der Waals surface area contributed by atoms with Crippen LogP contribution in [0.5, 0.6) is 0 Å². The van der Waals surface area contributed by atoms with Crippen molar-refractivity contribution >= 4 is 0 Å². The molecule has 0 aliphatic rings. The lowest BCUT2D eigenvalue weighted by Gasteiger charge is -2.03. The largest absolute Gasteiger partial charge is 0.261 e. The monoisotopic (exact) mass is 205 g/mol. The van der Waals surface area contributed by atoms with E-state index in [4.69, 9.17) is 0 Å². The van der Waals surface area contributed by atoms with Crippen molar-refractivity contribution in [1.29, 1.82) is 0 Å². The Labute approximate surface area is 93.9 Å². The summed E-state index contributed by atoms with van der Waals surface area (Å²) in [5, 5.41) is 0. The van der Waals surface area contributed by atoms with E-state index in [1.165, 1.54) is 49.8 Å². The first-order valence-corrected chi connectivity index (χ1v) is 6.25. The van der Waals surface area contributed by atoms with E-state index in [2.05, 4.69) is 24.9 Å². The van der Waals surface area contributed by atoms with Crippen molar-refractivity contribution in [2.45, 2.75) is 58.8 Å². The Bertz CT molecular complexity index is 268. The Kier molecular flexibility index (Phi) is 6.06. The van der Waals surface area contributed by atoms with Crippen LogP contribution in [0.3, 0.4) is 0 Å². The fourth-order valence-corrected chi connectivity index (χ4v) is 1.85. The van der Waals surface area contributed by atoms with E-state index < -0.39 is 0 Å². The van der Waals surface area contributed by atoms with Crippen LogP contribution < -0.4 is 0 Å². The van der Waals surface area contributed by atoms with Gasteiger partial charge in [-0.2, -0.15) is 0 Å². The number of aryl methyl sites for hydroxylation is 2. The van der Waals surface area contributed by atoms with Crippen LogP contribution in [0.2, 0.25) is 0 Å². The standard InChI is InChI=1S/C14H23N/c1-3-4-5-6-7-8-11-14-13(2)10-9-12-15-14/h9-10,12H,3-8,11H2,1-2H3. The lowest BCUT2D eigenvalue weighted by Crippen LogP contribution is -1.93. The molecule has 0 fully saturated rings. The third kappa shape index (κ3) is 4.96. The number of hydrogen-bond acceptors (Lipinski definition) is 1. The van der Waals surface area contributed by atoms with E-state index >= 15 is 0 Å². The Hall–Kier alpha value is -0.850. The topological polar surface area (TPSA) is 12.9 Å². The molecule has 1 nitrogen and oxygen atoms in total. The van der Waals surface area contributed by atoms with Gasteiger partial charge in [-0.15, -0.1) is 0 Å². The van der Waals surface area contributed by atoms with E-state index in [0.717, 1.165) is 6.42 Å². The summed E-state index contributed by atoms with van der Waals surface area (Å²) in [5.41, 5.74) is 2.62. The molecule has 1 aromatic rings. The van der Waals surface area contributed by atoms with Crippen molar-refractivity contribution in [3.63, 3.8) is 0 Å². The van der Waals surface area contributed by atoms with Crippen molar-refractivity contribution in [3.8, 4) is 0 Å². The number of nitrogens with zero attached hydrogens (tertiary/aromatic N) is 1.